The van der Waals surface area contributed by atoms with Gasteiger partial charge < -0.3 is 10.2 Å². The van der Waals surface area contributed by atoms with Gasteiger partial charge in [0.05, 0.1) is 11.4 Å². The van der Waals surface area contributed by atoms with Crippen LogP contribution in [0.5, 0.6) is 0 Å². The number of aromatic nitrogens is 3. The first kappa shape index (κ1) is 10.3. The van der Waals surface area contributed by atoms with Crippen molar-refractivity contribution in [1.29, 1.82) is 0 Å². The van der Waals surface area contributed by atoms with Crippen LogP contribution in [0.15, 0.2) is 0 Å². The average molecular weight is 207 g/mol. The Morgan fingerprint density at radius 2 is 2.07 bits per heavy atom. The molecule has 0 aromatic carbocycles. The molecule has 1 atom stereocenters. The Bertz CT molecular complexity index is 346. The van der Waals surface area contributed by atoms with Gasteiger partial charge in [-0.15, -0.1) is 5.10 Å². The van der Waals surface area contributed by atoms with E-state index in [2.05, 4.69) is 25.4 Å². The SMILES string of the molecule is Cc1nnc(N(C)C2CCNC2)nc1C. The summed E-state index contributed by atoms with van der Waals surface area (Å²) in [6.07, 6.45) is 1.15. The molecule has 0 saturated carbocycles. The third kappa shape index (κ3) is 2.07. The van der Waals surface area contributed by atoms with Gasteiger partial charge in [0.1, 0.15) is 0 Å². The van der Waals surface area contributed by atoms with Crippen molar-refractivity contribution in [3.63, 3.8) is 0 Å². The van der Waals surface area contributed by atoms with Crippen LogP contribution in [0.2, 0.25) is 0 Å². The number of hydrogen-bond donors (Lipinski definition) is 1. The lowest BCUT2D eigenvalue weighted by atomic mass is 10.2. The molecule has 15 heavy (non-hydrogen) atoms. The number of anilines is 1. The van der Waals surface area contributed by atoms with Crippen LogP contribution in [0.4, 0.5) is 5.95 Å². The van der Waals surface area contributed by atoms with E-state index in [1.165, 1.54) is 0 Å². The maximum atomic E-state index is 4.44. The minimum atomic E-state index is 0.494. The largest absolute Gasteiger partial charge is 0.338 e. The van der Waals surface area contributed by atoms with Crippen LogP contribution in [0.25, 0.3) is 0 Å². The van der Waals surface area contributed by atoms with Crippen LogP contribution in [-0.2, 0) is 0 Å². The average Bonchev–Trinajstić information content (AvgIpc) is 2.74. The summed E-state index contributed by atoms with van der Waals surface area (Å²) in [6.45, 7) is 5.98. The molecular formula is C10H17N5. The Hall–Kier alpha value is -1.23. The highest BCUT2D eigenvalue weighted by Gasteiger charge is 2.21. The number of nitrogens with zero attached hydrogens (tertiary/aromatic N) is 4. The quantitative estimate of drug-likeness (QED) is 0.755. The molecule has 2 rings (SSSR count). The second-order valence-corrected chi connectivity index (χ2v) is 4.04. The molecule has 0 radical (unpaired) electrons. The molecule has 2 heterocycles. The van der Waals surface area contributed by atoms with Gasteiger partial charge in [-0.2, -0.15) is 5.10 Å². The first-order valence-electron chi connectivity index (χ1n) is 5.30. The monoisotopic (exact) mass is 207 g/mol. The van der Waals surface area contributed by atoms with Gasteiger partial charge in [-0.05, 0) is 26.8 Å². The lowest BCUT2D eigenvalue weighted by Gasteiger charge is -2.23. The third-order valence-corrected chi connectivity index (χ3v) is 2.98. The predicted octanol–water partition coefficient (Wildman–Crippen LogP) is 0.287. The molecule has 5 nitrogen and oxygen atoms in total. The maximum absolute atomic E-state index is 4.44. The molecule has 1 aliphatic rings. The maximum Gasteiger partial charge on any atom is 0.245 e. The van der Waals surface area contributed by atoms with Crippen molar-refractivity contribution in [2.24, 2.45) is 0 Å². The van der Waals surface area contributed by atoms with Gasteiger partial charge in [0.15, 0.2) is 0 Å². The lowest BCUT2D eigenvalue weighted by Crippen LogP contribution is -2.35. The molecule has 1 fully saturated rings. The molecule has 1 N–H and O–H groups in total. The molecule has 5 heteroatoms. The fourth-order valence-electron chi connectivity index (χ4n) is 1.73. The summed E-state index contributed by atoms with van der Waals surface area (Å²) in [5.41, 5.74) is 1.86. The van der Waals surface area contributed by atoms with Gasteiger partial charge in [-0.25, -0.2) is 4.98 Å². The second kappa shape index (κ2) is 4.10. The third-order valence-electron chi connectivity index (χ3n) is 2.98. The van der Waals surface area contributed by atoms with Crippen molar-refractivity contribution in [3.8, 4) is 0 Å². The van der Waals surface area contributed by atoms with E-state index < -0.39 is 0 Å². The zero-order valence-corrected chi connectivity index (χ0v) is 9.49. The van der Waals surface area contributed by atoms with Crippen LogP contribution >= 0.6 is 0 Å². The molecular weight excluding hydrogens is 190 g/mol. The molecule has 0 spiro atoms. The van der Waals surface area contributed by atoms with E-state index in [9.17, 15) is 0 Å². The van der Waals surface area contributed by atoms with Crippen molar-refractivity contribution in [3.05, 3.63) is 11.4 Å². The number of rotatable bonds is 2. The molecule has 82 valence electrons. The van der Waals surface area contributed by atoms with E-state index in [4.69, 9.17) is 0 Å². The lowest BCUT2D eigenvalue weighted by molar-refractivity contribution is 0.657. The fraction of sp³-hybridized carbons (Fsp3) is 0.700. The second-order valence-electron chi connectivity index (χ2n) is 4.04. The predicted molar refractivity (Wildman–Crippen MR) is 59.0 cm³/mol. The number of likely N-dealkylation sites (N-methyl/N-ethyl adjacent to an activating group) is 1. The Morgan fingerprint density at radius 1 is 1.27 bits per heavy atom. The minimum Gasteiger partial charge on any atom is -0.338 e. The summed E-state index contributed by atoms with van der Waals surface area (Å²) in [5, 5.41) is 11.5. The van der Waals surface area contributed by atoms with E-state index in [0.29, 0.717) is 6.04 Å². The zero-order valence-electron chi connectivity index (χ0n) is 9.49. The van der Waals surface area contributed by atoms with Gasteiger partial charge in [-0.3, -0.25) is 0 Å². The van der Waals surface area contributed by atoms with Crippen molar-refractivity contribution in [2.45, 2.75) is 26.3 Å². The van der Waals surface area contributed by atoms with Gasteiger partial charge in [0.2, 0.25) is 5.95 Å². The van der Waals surface area contributed by atoms with E-state index >= 15 is 0 Å². The molecule has 1 aromatic rings. The zero-order chi connectivity index (χ0) is 10.8. The van der Waals surface area contributed by atoms with Crippen molar-refractivity contribution in [2.75, 3.05) is 25.0 Å². The van der Waals surface area contributed by atoms with E-state index in [0.717, 1.165) is 36.8 Å². The van der Waals surface area contributed by atoms with E-state index in [1.807, 2.05) is 20.9 Å². The topological polar surface area (TPSA) is 53.9 Å². The summed E-state index contributed by atoms with van der Waals surface area (Å²) in [4.78, 5) is 6.55. The van der Waals surface area contributed by atoms with Crippen molar-refractivity contribution in [1.82, 2.24) is 20.5 Å². The standard InChI is InChI=1S/C10H17N5/c1-7-8(2)13-14-10(12-7)15(3)9-4-5-11-6-9/h9,11H,4-6H2,1-3H3. The van der Waals surface area contributed by atoms with Crippen molar-refractivity contribution >= 4 is 5.95 Å². The number of nitrogens with one attached hydrogen (secondary N) is 1. The Kier molecular flexibility index (Phi) is 2.81. The van der Waals surface area contributed by atoms with Crippen LogP contribution in [0.3, 0.4) is 0 Å². The highest BCUT2D eigenvalue weighted by Crippen LogP contribution is 2.13. The van der Waals surface area contributed by atoms with Gasteiger partial charge >= 0.3 is 0 Å². The number of aryl methyl sites for hydroxylation is 2. The number of hydrogen-bond acceptors (Lipinski definition) is 5. The molecule has 1 aromatic heterocycles. The highest BCUT2D eigenvalue weighted by atomic mass is 15.3. The van der Waals surface area contributed by atoms with Crippen LogP contribution in [0.1, 0.15) is 17.8 Å². The van der Waals surface area contributed by atoms with E-state index in [-0.39, 0.29) is 0 Å². The normalized spacial score (nSPS) is 20.6. The van der Waals surface area contributed by atoms with Gasteiger partial charge in [0.25, 0.3) is 0 Å². The first-order chi connectivity index (χ1) is 7.18. The molecule has 1 unspecified atom stereocenters. The summed E-state index contributed by atoms with van der Waals surface area (Å²) in [6, 6.07) is 0.494. The Morgan fingerprint density at radius 3 is 2.67 bits per heavy atom. The molecule has 1 saturated heterocycles. The molecule has 0 bridgehead atoms. The highest BCUT2D eigenvalue weighted by molar-refractivity contribution is 5.30. The molecule has 0 aliphatic carbocycles. The van der Waals surface area contributed by atoms with Gasteiger partial charge in [0, 0.05) is 19.6 Å². The van der Waals surface area contributed by atoms with Crippen molar-refractivity contribution < 1.29 is 0 Å². The smallest absolute Gasteiger partial charge is 0.245 e. The fourth-order valence-corrected chi connectivity index (χ4v) is 1.73. The van der Waals surface area contributed by atoms with Crippen LogP contribution in [-0.4, -0.2) is 41.4 Å². The summed E-state index contributed by atoms with van der Waals surface area (Å²) < 4.78 is 0. The summed E-state index contributed by atoms with van der Waals surface area (Å²) in [7, 11) is 2.03. The minimum absolute atomic E-state index is 0.494. The van der Waals surface area contributed by atoms with Crippen LogP contribution < -0.4 is 10.2 Å². The van der Waals surface area contributed by atoms with E-state index in [1.54, 1.807) is 0 Å². The summed E-state index contributed by atoms with van der Waals surface area (Å²) >= 11 is 0. The molecule has 0 amide bonds. The Labute approximate surface area is 89.9 Å². The Balaban J connectivity index is 2.17. The summed E-state index contributed by atoms with van der Waals surface area (Å²) in [5.74, 6) is 0.729. The van der Waals surface area contributed by atoms with Crippen LogP contribution in [0, 0.1) is 13.8 Å². The first-order valence-corrected chi connectivity index (χ1v) is 5.30. The molecule has 1 aliphatic heterocycles. The van der Waals surface area contributed by atoms with Gasteiger partial charge in [-0.1, -0.05) is 0 Å².